The van der Waals surface area contributed by atoms with Crippen LogP contribution in [0, 0.1) is 5.82 Å². The van der Waals surface area contributed by atoms with Crippen LogP contribution in [0.4, 0.5) is 9.18 Å². The van der Waals surface area contributed by atoms with E-state index in [4.69, 9.17) is 9.47 Å². The molecule has 1 heterocycles. The van der Waals surface area contributed by atoms with Crippen molar-refractivity contribution >= 4 is 34.7 Å². The second-order valence-corrected chi connectivity index (χ2v) is 8.59. The molecular formula is C21H27FN2O5S. The third-order valence-electron chi connectivity index (χ3n) is 3.97. The van der Waals surface area contributed by atoms with Crippen molar-refractivity contribution in [2.45, 2.75) is 51.7 Å². The minimum atomic E-state index is -0.730. The molecule has 1 aromatic carbocycles. The molecule has 0 unspecified atom stereocenters. The number of rotatable bonds is 7. The first-order valence-electron chi connectivity index (χ1n) is 9.70. The highest BCUT2D eigenvalue weighted by molar-refractivity contribution is 7.99. The Bertz CT molecular complexity index is 998. The van der Waals surface area contributed by atoms with Crippen molar-refractivity contribution in [1.82, 2.24) is 9.88 Å². The van der Waals surface area contributed by atoms with Gasteiger partial charge in [-0.25, -0.2) is 14.0 Å². The molecule has 2 rings (SSSR count). The predicted molar refractivity (Wildman–Crippen MR) is 115 cm³/mol. The molecule has 1 N–H and O–H groups in total. The Morgan fingerprint density at radius 1 is 1.23 bits per heavy atom. The lowest BCUT2D eigenvalue weighted by atomic mass is 10.1. The van der Waals surface area contributed by atoms with Crippen molar-refractivity contribution in [3.05, 3.63) is 39.9 Å². The molecule has 1 amide bonds. The number of benzene rings is 1. The number of nitrogens with zero attached hydrogens (tertiary/aromatic N) is 1. The molecule has 30 heavy (non-hydrogen) atoms. The Balaban J connectivity index is 2.30. The zero-order chi connectivity index (χ0) is 22.5. The van der Waals surface area contributed by atoms with Gasteiger partial charge in [-0.05, 0) is 46.8 Å². The Kier molecular flexibility index (Phi) is 7.89. The first-order valence-corrected chi connectivity index (χ1v) is 10.7. The number of pyridine rings is 1. The second-order valence-electron chi connectivity index (χ2n) is 7.46. The topological polar surface area (TPSA) is 86.6 Å². The zero-order valence-corrected chi connectivity index (χ0v) is 18.7. The number of aromatic nitrogens is 1. The highest BCUT2D eigenvalue weighted by Gasteiger charge is 2.19. The van der Waals surface area contributed by atoms with Crippen LogP contribution in [0.25, 0.3) is 10.9 Å². The Morgan fingerprint density at radius 2 is 1.93 bits per heavy atom. The van der Waals surface area contributed by atoms with Crippen LogP contribution in [0.1, 0.15) is 45.0 Å². The van der Waals surface area contributed by atoms with Crippen LogP contribution < -0.4 is 10.7 Å². The van der Waals surface area contributed by atoms with E-state index in [0.717, 1.165) is 6.07 Å². The minimum Gasteiger partial charge on any atom is -0.462 e. The Hall–Kier alpha value is -2.55. The van der Waals surface area contributed by atoms with Crippen LogP contribution in [-0.4, -0.2) is 41.1 Å². The Morgan fingerprint density at radius 3 is 2.53 bits per heavy atom. The van der Waals surface area contributed by atoms with Gasteiger partial charge in [0.05, 0.1) is 17.5 Å². The summed E-state index contributed by atoms with van der Waals surface area (Å²) in [7, 11) is 0. The summed E-state index contributed by atoms with van der Waals surface area (Å²) < 4.78 is 26.1. The number of nitrogens with one attached hydrogen (secondary N) is 1. The van der Waals surface area contributed by atoms with E-state index in [1.165, 1.54) is 24.0 Å². The number of alkyl carbamates (subject to hydrolysis) is 1. The van der Waals surface area contributed by atoms with Gasteiger partial charge in [-0.3, -0.25) is 4.79 Å². The fourth-order valence-corrected chi connectivity index (χ4v) is 3.79. The largest absolute Gasteiger partial charge is 0.462 e. The first kappa shape index (κ1) is 23.7. The number of hydrogen-bond acceptors (Lipinski definition) is 6. The van der Waals surface area contributed by atoms with Gasteiger partial charge in [0, 0.05) is 29.9 Å². The van der Waals surface area contributed by atoms with Crippen molar-refractivity contribution in [2.24, 2.45) is 0 Å². The third-order valence-corrected chi connectivity index (χ3v) is 5.00. The van der Waals surface area contributed by atoms with Gasteiger partial charge in [-0.2, -0.15) is 0 Å². The summed E-state index contributed by atoms with van der Waals surface area (Å²) in [5.41, 5.74) is -0.746. The number of ether oxygens (including phenoxy) is 2. The number of carbonyl (C=O) groups is 2. The number of halogens is 1. The maximum absolute atomic E-state index is 14.2. The van der Waals surface area contributed by atoms with Gasteiger partial charge in [0.25, 0.3) is 0 Å². The van der Waals surface area contributed by atoms with Gasteiger partial charge in [-0.15, -0.1) is 11.8 Å². The van der Waals surface area contributed by atoms with Crippen LogP contribution in [0.3, 0.4) is 0 Å². The lowest BCUT2D eigenvalue weighted by Gasteiger charge is -2.19. The lowest BCUT2D eigenvalue weighted by molar-refractivity contribution is 0.0516. The molecule has 2 aromatic rings. The molecule has 0 bridgehead atoms. The van der Waals surface area contributed by atoms with E-state index < -0.39 is 28.9 Å². The molecule has 164 valence electrons. The summed E-state index contributed by atoms with van der Waals surface area (Å²) in [4.78, 5) is 37.2. The van der Waals surface area contributed by atoms with Crippen molar-refractivity contribution in [2.75, 3.05) is 18.9 Å². The van der Waals surface area contributed by atoms with Crippen LogP contribution in [-0.2, 0) is 16.0 Å². The van der Waals surface area contributed by atoms with E-state index in [1.807, 2.05) is 6.92 Å². The van der Waals surface area contributed by atoms with Gasteiger partial charge in [0.2, 0.25) is 5.43 Å². The van der Waals surface area contributed by atoms with Gasteiger partial charge in [0.15, 0.2) is 0 Å². The van der Waals surface area contributed by atoms with E-state index >= 15 is 0 Å². The van der Waals surface area contributed by atoms with Crippen molar-refractivity contribution in [3.63, 3.8) is 0 Å². The molecule has 0 spiro atoms. The molecule has 0 saturated heterocycles. The molecular weight excluding hydrogens is 411 g/mol. The maximum atomic E-state index is 14.2. The third kappa shape index (κ3) is 5.98. The minimum absolute atomic E-state index is 0.116. The van der Waals surface area contributed by atoms with E-state index in [0.29, 0.717) is 29.3 Å². The van der Waals surface area contributed by atoms with E-state index in [9.17, 15) is 18.8 Å². The van der Waals surface area contributed by atoms with Gasteiger partial charge in [0.1, 0.15) is 17.0 Å². The number of carbonyl (C=O) groups excluding carboxylic acids is 2. The van der Waals surface area contributed by atoms with Gasteiger partial charge in [-0.1, -0.05) is 0 Å². The summed E-state index contributed by atoms with van der Waals surface area (Å²) in [5.74, 6) is -0.868. The molecule has 0 aliphatic rings. The molecule has 0 aliphatic heterocycles. The quantitative estimate of drug-likeness (QED) is 0.400. The fraction of sp³-hybridized carbons (Fsp3) is 0.476. The van der Waals surface area contributed by atoms with E-state index in [-0.39, 0.29) is 17.6 Å². The number of aryl methyl sites for hydroxylation is 1. The molecule has 0 radical (unpaired) electrons. The summed E-state index contributed by atoms with van der Waals surface area (Å²) in [6, 6.07) is 2.48. The summed E-state index contributed by atoms with van der Waals surface area (Å²) in [5, 5.41) is 2.76. The van der Waals surface area contributed by atoms with Crippen LogP contribution in [0.5, 0.6) is 0 Å². The van der Waals surface area contributed by atoms with Crippen molar-refractivity contribution in [3.8, 4) is 0 Å². The highest BCUT2D eigenvalue weighted by Crippen LogP contribution is 2.28. The predicted octanol–water partition coefficient (Wildman–Crippen LogP) is 3.95. The van der Waals surface area contributed by atoms with E-state index in [2.05, 4.69) is 5.32 Å². The Labute approximate surface area is 178 Å². The van der Waals surface area contributed by atoms with Crippen LogP contribution >= 0.6 is 11.8 Å². The summed E-state index contributed by atoms with van der Waals surface area (Å²) >= 11 is 1.30. The number of thioether (sulfide) groups is 1. The smallest absolute Gasteiger partial charge is 0.407 e. The molecule has 7 nitrogen and oxygen atoms in total. The maximum Gasteiger partial charge on any atom is 0.407 e. The monoisotopic (exact) mass is 438 g/mol. The molecule has 0 fully saturated rings. The molecule has 9 heteroatoms. The van der Waals surface area contributed by atoms with Crippen molar-refractivity contribution in [1.29, 1.82) is 0 Å². The number of fused-ring (bicyclic) bond motifs is 1. The number of hydrogen-bond donors (Lipinski definition) is 1. The lowest BCUT2D eigenvalue weighted by Crippen LogP contribution is -2.33. The standard InChI is InChI=1S/C21H27FN2O5S/c1-6-24-12-15(19(26)28-7-2)18(25)14-10-13(22)11-16(17(14)24)30-9-8-23-20(27)29-21(3,4)5/h10-12H,6-9H2,1-5H3,(H,23,27). The highest BCUT2D eigenvalue weighted by atomic mass is 32.2. The van der Waals surface area contributed by atoms with Gasteiger partial charge < -0.3 is 19.4 Å². The summed E-state index contributed by atoms with van der Waals surface area (Å²) in [6.07, 6.45) is 0.917. The SMILES string of the molecule is CCOC(=O)c1cn(CC)c2c(SCCNC(=O)OC(C)(C)C)cc(F)cc2c1=O. The van der Waals surface area contributed by atoms with Crippen molar-refractivity contribution < 1.29 is 23.5 Å². The average molecular weight is 439 g/mol. The fourth-order valence-electron chi connectivity index (χ4n) is 2.81. The van der Waals surface area contributed by atoms with Crippen LogP contribution in [0.2, 0.25) is 0 Å². The first-order chi connectivity index (χ1) is 14.1. The zero-order valence-electron chi connectivity index (χ0n) is 17.8. The molecule has 1 aromatic heterocycles. The van der Waals surface area contributed by atoms with E-state index in [1.54, 1.807) is 32.3 Å². The molecule has 0 saturated carbocycles. The van der Waals surface area contributed by atoms with Gasteiger partial charge >= 0.3 is 12.1 Å². The average Bonchev–Trinajstić information content (AvgIpc) is 2.64. The summed E-state index contributed by atoms with van der Waals surface area (Å²) in [6.45, 7) is 9.74. The normalized spacial score (nSPS) is 11.4. The molecule has 0 atom stereocenters. The van der Waals surface area contributed by atoms with Crippen LogP contribution in [0.15, 0.2) is 28.0 Å². The number of amides is 1. The molecule has 0 aliphatic carbocycles. The second kappa shape index (κ2) is 9.97. The number of esters is 1.